The summed E-state index contributed by atoms with van der Waals surface area (Å²) >= 11 is 0. The van der Waals surface area contributed by atoms with Crippen LogP contribution in [0.1, 0.15) is 18.5 Å². The van der Waals surface area contributed by atoms with Gasteiger partial charge in [0.15, 0.2) is 11.4 Å². The van der Waals surface area contributed by atoms with Gasteiger partial charge in [-0.25, -0.2) is 4.98 Å². The Bertz CT molecular complexity index is 414. The molecule has 0 atom stereocenters. The minimum Gasteiger partial charge on any atom is -0.486 e. The van der Waals surface area contributed by atoms with Crippen LogP contribution in [0.15, 0.2) is 12.3 Å². The molecule has 1 aliphatic rings. The van der Waals surface area contributed by atoms with E-state index in [1.807, 2.05) is 0 Å². The lowest BCUT2D eigenvalue weighted by Gasteiger charge is -2.20. The lowest BCUT2D eigenvalue weighted by Crippen LogP contribution is -2.17. The molecule has 6 heteroatoms. The third-order valence-electron chi connectivity index (χ3n) is 2.44. The quantitative estimate of drug-likeness (QED) is 0.820. The maximum atomic E-state index is 12.8. The lowest BCUT2D eigenvalue weighted by atomic mass is 10.2. The van der Waals surface area contributed by atoms with E-state index in [0.29, 0.717) is 5.69 Å². The summed E-state index contributed by atoms with van der Waals surface area (Å²) in [5, 5.41) is 0. The molecule has 0 aliphatic heterocycles. The molecular weight excluding hydrogens is 233 g/mol. The second-order valence-electron chi connectivity index (χ2n) is 4.22. The highest BCUT2D eigenvalue weighted by Crippen LogP contribution is 2.42. The summed E-state index contributed by atoms with van der Waals surface area (Å²) in [5.74, 6) is -0.160. The Labute approximate surface area is 97.2 Å². The maximum Gasteiger partial charge on any atom is 0.437 e. The van der Waals surface area contributed by atoms with Crippen LogP contribution in [0.5, 0.6) is 5.75 Å². The molecule has 1 heterocycles. The Balaban J connectivity index is 2.45. The molecule has 0 aromatic carbocycles. The molecule has 0 saturated heterocycles. The van der Waals surface area contributed by atoms with Crippen molar-refractivity contribution >= 4 is 5.69 Å². The second kappa shape index (κ2) is 4.09. The zero-order valence-electron chi connectivity index (χ0n) is 9.58. The predicted octanol–water partition coefficient (Wildman–Crippen LogP) is 2.71. The number of hydrogen-bond donors (Lipinski definition) is 0. The molecule has 1 aromatic heterocycles. The van der Waals surface area contributed by atoms with Crippen LogP contribution in [0.4, 0.5) is 18.9 Å². The number of hydrogen-bond acceptors (Lipinski definition) is 3. The summed E-state index contributed by atoms with van der Waals surface area (Å²) in [6, 6.07) is 1.52. The molecule has 94 valence electrons. The van der Waals surface area contributed by atoms with Crippen LogP contribution >= 0.6 is 0 Å². The average Bonchev–Trinajstić information content (AvgIpc) is 3.00. The van der Waals surface area contributed by atoms with Crippen molar-refractivity contribution in [3.8, 4) is 5.75 Å². The van der Waals surface area contributed by atoms with Crippen molar-refractivity contribution in [2.75, 3.05) is 19.0 Å². The van der Waals surface area contributed by atoms with E-state index in [9.17, 15) is 13.2 Å². The van der Waals surface area contributed by atoms with E-state index in [2.05, 4.69) is 4.98 Å². The van der Waals surface area contributed by atoms with Gasteiger partial charge >= 0.3 is 6.18 Å². The molecule has 0 radical (unpaired) electrons. The zero-order chi connectivity index (χ0) is 12.6. The Kier molecular flexibility index (Phi) is 2.89. The van der Waals surface area contributed by atoms with Gasteiger partial charge in [-0.1, -0.05) is 0 Å². The fourth-order valence-electron chi connectivity index (χ4n) is 1.46. The van der Waals surface area contributed by atoms with Crippen molar-refractivity contribution in [2.24, 2.45) is 0 Å². The molecule has 0 spiro atoms. The number of halogens is 3. The largest absolute Gasteiger partial charge is 0.486 e. The van der Waals surface area contributed by atoms with Crippen molar-refractivity contribution in [1.82, 2.24) is 4.98 Å². The summed E-state index contributed by atoms with van der Waals surface area (Å²) in [5.41, 5.74) is -0.546. The van der Waals surface area contributed by atoms with Crippen LogP contribution in [-0.4, -0.2) is 25.2 Å². The van der Waals surface area contributed by atoms with E-state index in [1.165, 1.54) is 6.07 Å². The third kappa shape index (κ3) is 2.62. The Morgan fingerprint density at radius 2 is 2.00 bits per heavy atom. The van der Waals surface area contributed by atoms with Crippen LogP contribution < -0.4 is 9.64 Å². The molecule has 0 amide bonds. The minimum absolute atomic E-state index is 0.0981. The summed E-state index contributed by atoms with van der Waals surface area (Å²) in [6.07, 6.45) is -1.83. The summed E-state index contributed by atoms with van der Waals surface area (Å²) < 4.78 is 43.8. The van der Waals surface area contributed by atoms with Crippen molar-refractivity contribution in [3.05, 3.63) is 18.0 Å². The van der Waals surface area contributed by atoms with Gasteiger partial charge in [0.05, 0.1) is 11.8 Å². The highest BCUT2D eigenvalue weighted by Gasteiger charge is 2.39. The van der Waals surface area contributed by atoms with Crippen molar-refractivity contribution in [3.63, 3.8) is 0 Å². The van der Waals surface area contributed by atoms with Gasteiger partial charge in [-0.3, -0.25) is 0 Å². The van der Waals surface area contributed by atoms with Gasteiger partial charge in [-0.2, -0.15) is 13.2 Å². The molecular formula is C11H13F3N2O. The summed E-state index contributed by atoms with van der Waals surface area (Å²) in [6.45, 7) is 0. The molecule has 1 aliphatic carbocycles. The maximum absolute atomic E-state index is 12.8. The number of anilines is 1. The molecule has 2 rings (SSSR count). The minimum atomic E-state index is -4.49. The number of pyridine rings is 1. The van der Waals surface area contributed by atoms with Gasteiger partial charge < -0.3 is 9.64 Å². The molecule has 0 unspecified atom stereocenters. The zero-order valence-corrected chi connectivity index (χ0v) is 9.58. The van der Waals surface area contributed by atoms with Crippen LogP contribution in [0.25, 0.3) is 0 Å². The number of nitrogens with zero attached hydrogens (tertiary/aromatic N) is 2. The lowest BCUT2D eigenvalue weighted by molar-refractivity contribution is -0.142. The monoisotopic (exact) mass is 246 g/mol. The van der Waals surface area contributed by atoms with Crippen LogP contribution in [0.2, 0.25) is 0 Å². The smallest absolute Gasteiger partial charge is 0.437 e. The second-order valence-corrected chi connectivity index (χ2v) is 4.22. The Hall–Kier alpha value is -1.46. The van der Waals surface area contributed by atoms with Crippen molar-refractivity contribution in [1.29, 1.82) is 0 Å². The molecule has 1 aromatic rings. The standard InChI is InChI=1S/C11H13F3N2O/c1-16(2)8-5-6-15-10(11(12,13)14)9(8)17-7-3-4-7/h5-7H,3-4H2,1-2H3. The number of ether oxygens (including phenoxy) is 1. The van der Waals surface area contributed by atoms with E-state index < -0.39 is 11.9 Å². The summed E-state index contributed by atoms with van der Waals surface area (Å²) in [4.78, 5) is 4.99. The van der Waals surface area contributed by atoms with Crippen LogP contribution in [-0.2, 0) is 6.18 Å². The van der Waals surface area contributed by atoms with Crippen molar-refractivity contribution in [2.45, 2.75) is 25.1 Å². The van der Waals surface area contributed by atoms with Gasteiger partial charge in [-0.15, -0.1) is 0 Å². The van der Waals surface area contributed by atoms with E-state index in [-0.39, 0.29) is 11.9 Å². The SMILES string of the molecule is CN(C)c1ccnc(C(F)(F)F)c1OC1CC1. The van der Waals surface area contributed by atoms with Gasteiger partial charge in [0.25, 0.3) is 0 Å². The molecule has 0 bridgehead atoms. The molecule has 1 fully saturated rings. The topological polar surface area (TPSA) is 25.4 Å². The predicted molar refractivity (Wildman–Crippen MR) is 57.2 cm³/mol. The first-order valence-corrected chi connectivity index (χ1v) is 5.30. The third-order valence-corrected chi connectivity index (χ3v) is 2.44. The van der Waals surface area contributed by atoms with Crippen LogP contribution in [0.3, 0.4) is 0 Å². The molecule has 0 N–H and O–H groups in total. The summed E-state index contributed by atoms with van der Waals surface area (Å²) in [7, 11) is 3.35. The average molecular weight is 246 g/mol. The molecule has 1 saturated carbocycles. The number of rotatable bonds is 3. The highest BCUT2D eigenvalue weighted by atomic mass is 19.4. The Morgan fingerprint density at radius 1 is 1.35 bits per heavy atom. The van der Waals surface area contributed by atoms with E-state index in [1.54, 1.807) is 19.0 Å². The number of aromatic nitrogens is 1. The molecule has 17 heavy (non-hydrogen) atoms. The van der Waals surface area contributed by atoms with Gasteiger partial charge in [0, 0.05) is 20.3 Å². The van der Waals surface area contributed by atoms with Crippen LogP contribution in [0, 0.1) is 0 Å². The van der Waals surface area contributed by atoms with Gasteiger partial charge in [0.1, 0.15) is 0 Å². The first-order chi connectivity index (χ1) is 7.89. The normalized spacial score (nSPS) is 15.8. The van der Waals surface area contributed by atoms with Gasteiger partial charge in [-0.05, 0) is 18.9 Å². The van der Waals surface area contributed by atoms with E-state index in [4.69, 9.17) is 4.74 Å². The first-order valence-electron chi connectivity index (χ1n) is 5.30. The fourth-order valence-corrected chi connectivity index (χ4v) is 1.46. The van der Waals surface area contributed by atoms with Crippen molar-refractivity contribution < 1.29 is 17.9 Å². The highest BCUT2D eigenvalue weighted by molar-refractivity contribution is 5.59. The van der Waals surface area contributed by atoms with Gasteiger partial charge in [0.2, 0.25) is 0 Å². The van der Waals surface area contributed by atoms with E-state index >= 15 is 0 Å². The first kappa shape index (κ1) is 12.0. The fraction of sp³-hybridized carbons (Fsp3) is 0.545. The Morgan fingerprint density at radius 3 is 2.47 bits per heavy atom. The molecule has 3 nitrogen and oxygen atoms in total. The number of alkyl halides is 3. The van der Waals surface area contributed by atoms with E-state index in [0.717, 1.165) is 19.0 Å².